The third-order valence-corrected chi connectivity index (χ3v) is 4.15. The Morgan fingerprint density at radius 3 is 2.73 bits per heavy atom. The van der Waals surface area contributed by atoms with E-state index in [1.165, 1.54) is 5.57 Å². The number of hydrogen-bond acceptors (Lipinski definition) is 2. The molecule has 86 valence electrons. The lowest BCUT2D eigenvalue weighted by Crippen LogP contribution is -2.26. The van der Waals surface area contributed by atoms with Crippen molar-refractivity contribution in [3.05, 3.63) is 12.2 Å². The average molecular weight is 226 g/mol. The molecule has 3 heteroatoms. The van der Waals surface area contributed by atoms with E-state index in [0.29, 0.717) is 6.61 Å². The first kappa shape index (κ1) is 12.5. The molecule has 1 aliphatic heterocycles. The van der Waals surface area contributed by atoms with Crippen LogP contribution in [-0.4, -0.2) is 20.7 Å². The van der Waals surface area contributed by atoms with Gasteiger partial charge in [-0.2, -0.15) is 0 Å². The quantitative estimate of drug-likeness (QED) is 0.418. The van der Waals surface area contributed by atoms with Crippen molar-refractivity contribution in [2.24, 2.45) is 5.92 Å². The second-order valence-corrected chi connectivity index (χ2v) is 11.2. The summed E-state index contributed by atoms with van der Waals surface area (Å²) in [6, 6.07) is 1.12. The minimum atomic E-state index is -1.08. The number of carbonyl (C=O) groups is 1. The highest BCUT2D eigenvalue weighted by atomic mass is 28.3. The average Bonchev–Trinajstić information content (AvgIpc) is 2.05. The van der Waals surface area contributed by atoms with Gasteiger partial charge in [0.15, 0.2) is 0 Å². The van der Waals surface area contributed by atoms with Crippen molar-refractivity contribution < 1.29 is 9.53 Å². The van der Waals surface area contributed by atoms with E-state index in [-0.39, 0.29) is 11.9 Å². The number of allylic oxidation sites excluding steroid dienone is 1. The highest BCUT2D eigenvalue weighted by molar-refractivity contribution is 6.76. The molecule has 0 aliphatic carbocycles. The van der Waals surface area contributed by atoms with E-state index in [9.17, 15) is 4.79 Å². The molecule has 0 aromatic heterocycles. The van der Waals surface area contributed by atoms with Crippen LogP contribution in [0.4, 0.5) is 0 Å². The van der Waals surface area contributed by atoms with Gasteiger partial charge in [-0.05, 0) is 25.3 Å². The van der Waals surface area contributed by atoms with E-state index in [1.54, 1.807) is 0 Å². The van der Waals surface area contributed by atoms with Gasteiger partial charge in [0.25, 0.3) is 0 Å². The monoisotopic (exact) mass is 226 g/mol. The summed E-state index contributed by atoms with van der Waals surface area (Å²) < 4.78 is 5.05. The molecule has 0 bridgehead atoms. The van der Waals surface area contributed by atoms with Gasteiger partial charge in [0.1, 0.15) is 0 Å². The van der Waals surface area contributed by atoms with Gasteiger partial charge in [0.05, 0.1) is 12.5 Å². The maximum atomic E-state index is 11.4. The minimum Gasteiger partial charge on any atom is -0.465 e. The second-order valence-electron chi connectivity index (χ2n) is 5.70. The van der Waals surface area contributed by atoms with Crippen LogP contribution in [0.1, 0.15) is 19.3 Å². The highest BCUT2D eigenvalue weighted by Crippen LogP contribution is 2.26. The Morgan fingerprint density at radius 1 is 1.53 bits per heavy atom. The van der Waals surface area contributed by atoms with Crippen LogP contribution in [-0.2, 0) is 9.53 Å². The normalized spacial score (nSPS) is 22.3. The molecule has 1 heterocycles. The molecule has 0 aromatic carbocycles. The van der Waals surface area contributed by atoms with Crippen molar-refractivity contribution in [3.63, 3.8) is 0 Å². The molecular formula is C12H22O2Si. The molecule has 15 heavy (non-hydrogen) atoms. The molecule has 0 N–H and O–H groups in total. The molecule has 0 aromatic rings. The summed E-state index contributed by atoms with van der Waals surface area (Å²) in [5.41, 5.74) is 1.23. The van der Waals surface area contributed by atoms with Crippen LogP contribution in [0.25, 0.3) is 0 Å². The van der Waals surface area contributed by atoms with E-state index >= 15 is 0 Å². The fraction of sp³-hybridized carbons (Fsp3) is 0.750. The van der Waals surface area contributed by atoms with Gasteiger partial charge in [-0.15, -0.1) is 6.58 Å². The van der Waals surface area contributed by atoms with Crippen molar-refractivity contribution >= 4 is 14.0 Å². The molecule has 1 aliphatic rings. The third kappa shape index (κ3) is 4.65. The summed E-state index contributed by atoms with van der Waals surface area (Å²) in [6.07, 6.45) is 2.82. The fourth-order valence-corrected chi connectivity index (χ4v) is 3.74. The molecule has 1 rings (SSSR count). The molecule has 0 spiro atoms. The maximum absolute atomic E-state index is 11.4. The van der Waals surface area contributed by atoms with Crippen LogP contribution in [0, 0.1) is 5.92 Å². The zero-order valence-corrected chi connectivity index (χ0v) is 11.1. The van der Waals surface area contributed by atoms with Gasteiger partial charge < -0.3 is 4.74 Å². The molecule has 1 unspecified atom stereocenters. The molecule has 1 fully saturated rings. The molecule has 0 amide bonds. The van der Waals surface area contributed by atoms with Gasteiger partial charge in [-0.25, -0.2) is 0 Å². The number of carbonyl (C=O) groups excluding carboxylic acids is 1. The first-order chi connectivity index (χ1) is 6.88. The van der Waals surface area contributed by atoms with Crippen LogP contribution < -0.4 is 0 Å². The fourth-order valence-electron chi connectivity index (χ4n) is 2.09. The van der Waals surface area contributed by atoms with Crippen molar-refractivity contribution in [1.29, 1.82) is 0 Å². The van der Waals surface area contributed by atoms with Crippen LogP contribution in [0.15, 0.2) is 12.2 Å². The SMILES string of the molecule is C=C(CC1CCCOC1=O)C[Si](C)(C)C. The Balaban J connectivity index is 2.40. The van der Waals surface area contributed by atoms with Gasteiger partial charge in [0, 0.05) is 8.07 Å². The molecular weight excluding hydrogens is 204 g/mol. The van der Waals surface area contributed by atoms with Crippen LogP contribution in [0.2, 0.25) is 25.7 Å². The van der Waals surface area contributed by atoms with E-state index in [1.807, 2.05) is 0 Å². The van der Waals surface area contributed by atoms with Gasteiger partial charge in [-0.1, -0.05) is 25.2 Å². The lowest BCUT2D eigenvalue weighted by Gasteiger charge is -2.24. The van der Waals surface area contributed by atoms with E-state index < -0.39 is 8.07 Å². The number of rotatable bonds is 4. The summed E-state index contributed by atoms with van der Waals surface area (Å²) >= 11 is 0. The zero-order chi connectivity index (χ0) is 11.5. The largest absolute Gasteiger partial charge is 0.465 e. The predicted molar refractivity (Wildman–Crippen MR) is 65.6 cm³/mol. The lowest BCUT2D eigenvalue weighted by atomic mass is 9.94. The first-order valence-electron chi connectivity index (χ1n) is 5.72. The minimum absolute atomic E-state index is 0.0158. The summed E-state index contributed by atoms with van der Waals surface area (Å²) in [5, 5.41) is 0. The standard InChI is InChI=1S/C12H22O2Si/c1-10(9-15(2,3)4)8-11-6-5-7-14-12(11)13/h11H,1,5-9H2,2-4H3. The van der Waals surface area contributed by atoms with Crippen molar-refractivity contribution in [1.82, 2.24) is 0 Å². The Hall–Kier alpha value is -0.573. The van der Waals surface area contributed by atoms with Gasteiger partial charge >= 0.3 is 5.97 Å². The molecule has 0 radical (unpaired) electrons. The Morgan fingerprint density at radius 2 is 2.20 bits per heavy atom. The van der Waals surface area contributed by atoms with Crippen LogP contribution in [0.3, 0.4) is 0 Å². The first-order valence-corrected chi connectivity index (χ1v) is 9.42. The van der Waals surface area contributed by atoms with E-state index in [0.717, 1.165) is 25.3 Å². The summed E-state index contributed by atoms with van der Waals surface area (Å²) in [6.45, 7) is 11.7. The van der Waals surface area contributed by atoms with Gasteiger partial charge in [0.2, 0.25) is 0 Å². The van der Waals surface area contributed by atoms with E-state index in [4.69, 9.17) is 4.74 Å². The van der Waals surface area contributed by atoms with Crippen LogP contribution in [0.5, 0.6) is 0 Å². The van der Waals surface area contributed by atoms with Gasteiger partial charge in [-0.3, -0.25) is 4.79 Å². The Kier molecular flexibility index (Phi) is 4.14. The highest BCUT2D eigenvalue weighted by Gasteiger charge is 2.25. The van der Waals surface area contributed by atoms with Crippen molar-refractivity contribution in [2.45, 2.75) is 44.9 Å². The smallest absolute Gasteiger partial charge is 0.309 e. The number of ether oxygens (including phenoxy) is 1. The lowest BCUT2D eigenvalue weighted by molar-refractivity contribution is -0.152. The third-order valence-electron chi connectivity index (χ3n) is 2.59. The number of cyclic esters (lactones) is 1. The Labute approximate surface area is 93.7 Å². The topological polar surface area (TPSA) is 26.3 Å². The second kappa shape index (κ2) is 4.97. The Bertz CT molecular complexity index is 253. The summed E-state index contributed by atoms with van der Waals surface area (Å²) in [7, 11) is -1.08. The summed E-state index contributed by atoms with van der Waals surface area (Å²) in [4.78, 5) is 11.4. The zero-order valence-electron chi connectivity index (χ0n) is 10.1. The van der Waals surface area contributed by atoms with E-state index in [2.05, 4.69) is 26.2 Å². The maximum Gasteiger partial charge on any atom is 0.309 e. The number of hydrogen-bond donors (Lipinski definition) is 0. The molecule has 1 saturated heterocycles. The number of esters is 1. The molecule has 1 atom stereocenters. The van der Waals surface area contributed by atoms with Crippen molar-refractivity contribution in [2.75, 3.05) is 6.61 Å². The molecule has 0 saturated carbocycles. The predicted octanol–water partition coefficient (Wildman–Crippen LogP) is 3.22. The van der Waals surface area contributed by atoms with Crippen molar-refractivity contribution in [3.8, 4) is 0 Å². The summed E-state index contributed by atoms with van der Waals surface area (Å²) in [5.74, 6) is 0.0700. The molecule has 2 nitrogen and oxygen atoms in total. The van der Waals surface area contributed by atoms with Crippen LogP contribution >= 0.6 is 0 Å².